The fourth-order valence-corrected chi connectivity index (χ4v) is 3.73. The number of halogens is 1. The second kappa shape index (κ2) is 9.02. The maximum absolute atomic E-state index is 6.09. The fraction of sp³-hybridized carbons (Fsp3) is 0.318. The van der Waals surface area contributed by atoms with E-state index in [1.165, 1.54) is 32.1 Å². The van der Waals surface area contributed by atoms with E-state index in [-0.39, 0.29) is 0 Å². The minimum Gasteiger partial charge on any atom is -0.366 e. The van der Waals surface area contributed by atoms with Crippen LogP contribution in [0.4, 0.5) is 11.8 Å². The molecule has 0 spiro atoms. The molecule has 1 fully saturated rings. The summed E-state index contributed by atoms with van der Waals surface area (Å²) in [6, 6.07) is 16.1. The highest BCUT2D eigenvalue weighted by Crippen LogP contribution is 2.24. The predicted octanol–water partition coefficient (Wildman–Crippen LogP) is 5.55. The first-order valence-corrected chi connectivity index (χ1v) is 10.2. The molecule has 0 unspecified atom stereocenters. The Morgan fingerprint density at radius 2 is 1.82 bits per heavy atom. The fourth-order valence-electron chi connectivity index (χ4n) is 3.52. The van der Waals surface area contributed by atoms with E-state index < -0.39 is 0 Å². The van der Waals surface area contributed by atoms with Gasteiger partial charge < -0.3 is 10.6 Å². The van der Waals surface area contributed by atoms with Crippen molar-refractivity contribution < 1.29 is 0 Å². The summed E-state index contributed by atoms with van der Waals surface area (Å²) in [5, 5.41) is 7.66. The lowest BCUT2D eigenvalue weighted by Crippen LogP contribution is -2.23. The highest BCUT2D eigenvalue weighted by atomic mass is 35.5. The third-order valence-electron chi connectivity index (χ3n) is 4.95. The molecule has 0 aliphatic heterocycles. The van der Waals surface area contributed by atoms with E-state index in [1.54, 1.807) is 6.20 Å². The quantitative estimate of drug-likeness (QED) is 0.575. The smallest absolute Gasteiger partial charge is 0.225 e. The Labute approximate surface area is 170 Å². The Bertz CT molecular complexity index is 910. The molecule has 1 aliphatic rings. The molecule has 144 valence electrons. The second-order valence-corrected chi connectivity index (χ2v) is 7.58. The summed E-state index contributed by atoms with van der Waals surface area (Å²) in [7, 11) is 0. The molecule has 0 saturated heterocycles. The molecule has 1 aromatic carbocycles. The summed E-state index contributed by atoms with van der Waals surface area (Å²) in [5.41, 5.74) is 2.75. The largest absolute Gasteiger partial charge is 0.366 e. The average molecular weight is 394 g/mol. The molecule has 4 rings (SSSR count). The number of pyridine rings is 1. The van der Waals surface area contributed by atoms with Gasteiger partial charge in [0.15, 0.2) is 0 Å². The molecule has 3 aromatic rings. The molecule has 2 N–H and O–H groups in total. The van der Waals surface area contributed by atoms with Gasteiger partial charge in [-0.05, 0) is 42.7 Å². The van der Waals surface area contributed by atoms with Gasteiger partial charge in [0.05, 0.1) is 11.4 Å². The molecule has 0 radical (unpaired) electrons. The predicted molar refractivity (Wildman–Crippen MR) is 115 cm³/mol. The van der Waals surface area contributed by atoms with Crippen molar-refractivity contribution in [1.82, 2.24) is 15.0 Å². The van der Waals surface area contributed by atoms with E-state index in [4.69, 9.17) is 21.6 Å². The van der Waals surface area contributed by atoms with Crippen molar-refractivity contribution in [2.24, 2.45) is 0 Å². The number of benzene rings is 1. The van der Waals surface area contributed by atoms with Crippen LogP contribution in [-0.4, -0.2) is 21.0 Å². The third-order valence-corrected chi connectivity index (χ3v) is 5.19. The number of hydrogen-bond acceptors (Lipinski definition) is 5. The topological polar surface area (TPSA) is 62.7 Å². The lowest BCUT2D eigenvalue weighted by Gasteiger charge is -2.23. The minimum absolute atomic E-state index is 0.438. The van der Waals surface area contributed by atoms with Gasteiger partial charge in [-0.2, -0.15) is 4.98 Å². The molecule has 1 aliphatic carbocycles. The highest BCUT2D eigenvalue weighted by Gasteiger charge is 2.15. The zero-order valence-electron chi connectivity index (χ0n) is 15.7. The SMILES string of the molecule is Clc1cccc(CNc2cc(-c3ccccn3)nc(NC3CCCCC3)n2)c1. The standard InChI is InChI=1S/C22H24ClN5/c23-17-8-6-7-16(13-17)15-25-21-14-20(19-11-4-5-12-24-19)27-22(28-21)26-18-9-2-1-3-10-18/h4-8,11-14,18H,1-3,9-10,15H2,(H2,25,26,27,28). The van der Waals surface area contributed by atoms with Gasteiger partial charge in [0.2, 0.25) is 5.95 Å². The van der Waals surface area contributed by atoms with Crippen LogP contribution >= 0.6 is 11.6 Å². The van der Waals surface area contributed by atoms with Gasteiger partial charge in [0, 0.05) is 29.9 Å². The van der Waals surface area contributed by atoms with E-state index >= 15 is 0 Å². The molecule has 0 amide bonds. The summed E-state index contributed by atoms with van der Waals surface area (Å²) in [4.78, 5) is 13.9. The summed E-state index contributed by atoms with van der Waals surface area (Å²) >= 11 is 6.09. The Kier molecular flexibility index (Phi) is 6.02. The summed E-state index contributed by atoms with van der Waals surface area (Å²) < 4.78 is 0. The van der Waals surface area contributed by atoms with Gasteiger partial charge in [-0.15, -0.1) is 0 Å². The number of nitrogens with zero attached hydrogens (tertiary/aromatic N) is 3. The van der Waals surface area contributed by atoms with Crippen LogP contribution in [0.2, 0.25) is 5.02 Å². The monoisotopic (exact) mass is 393 g/mol. The van der Waals surface area contributed by atoms with Crippen molar-refractivity contribution in [2.45, 2.75) is 44.7 Å². The van der Waals surface area contributed by atoms with E-state index in [1.807, 2.05) is 48.5 Å². The second-order valence-electron chi connectivity index (χ2n) is 7.14. The van der Waals surface area contributed by atoms with E-state index in [2.05, 4.69) is 15.6 Å². The molecule has 28 heavy (non-hydrogen) atoms. The van der Waals surface area contributed by atoms with Crippen LogP contribution in [0.1, 0.15) is 37.7 Å². The maximum Gasteiger partial charge on any atom is 0.225 e. The summed E-state index contributed by atoms with van der Waals surface area (Å²) in [6.45, 7) is 0.641. The maximum atomic E-state index is 6.09. The molecule has 0 atom stereocenters. The molecule has 2 aromatic heterocycles. The molecule has 2 heterocycles. The van der Waals surface area contributed by atoms with Crippen LogP contribution in [0, 0.1) is 0 Å². The van der Waals surface area contributed by atoms with Crippen LogP contribution in [0.5, 0.6) is 0 Å². The number of aromatic nitrogens is 3. The number of rotatable bonds is 6. The van der Waals surface area contributed by atoms with Gasteiger partial charge >= 0.3 is 0 Å². The van der Waals surface area contributed by atoms with Crippen LogP contribution in [0.25, 0.3) is 11.4 Å². The molecule has 6 heteroatoms. The van der Waals surface area contributed by atoms with Crippen LogP contribution in [-0.2, 0) is 6.54 Å². The van der Waals surface area contributed by atoms with Crippen LogP contribution in [0.3, 0.4) is 0 Å². The molecule has 5 nitrogen and oxygen atoms in total. The Balaban J connectivity index is 1.57. The number of hydrogen-bond donors (Lipinski definition) is 2. The normalized spacial score (nSPS) is 14.6. The first-order chi connectivity index (χ1) is 13.8. The van der Waals surface area contributed by atoms with E-state index in [0.29, 0.717) is 18.5 Å². The minimum atomic E-state index is 0.438. The lowest BCUT2D eigenvalue weighted by atomic mass is 9.96. The Hall–Kier alpha value is -2.66. The summed E-state index contributed by atoms with van der Waals surface area (Å²) in [5.74, 6) is 1.43. The van der Waals surface area contributed by atoms with Gasteiger partial charge in [0.25, 0.3) is 0 Å². The van der Waals surface area contributed by atoms with Gasteiger partial charge in [-0.25, -0.2) is 4.98 Å². The van der Waals surface area contributed by atoms with Gasteiger partial charge in [0.1, 0.15) is 5.82 Å². The highest BCUT2D eigenvalue weighted by molar-refractivity contribution is 6.30. The lowest BCUT2D eigenvalue weighted by molar-refractivity contribution is 0.461. The Morgan fingerprint density at radius 3 is 2.61 bits per heavy atom. The van der Waals surface area contributed by atoms with Crippen LogP contribution in [0.15, 0.2) is 54.7 Å². The number of anilines is 2. The van der Waals surface area contributed by atoms with Crippen molar-refractivity contribution in [3.8, 4) is 11.4 Å². The van der Waals surface area contributed by atoms with Crippen molar-refractivity contribution >= 4 is 23.4 Å². The molecule has 1 saturated carbocycles. The average Bonchev–Trinajstić information content (AvgIpc) is 2.74. The van der Waals surface area contributed by atoms with E-state index in [9.17, 15) is 0 Å². The molecule has 0 bridgehead atoms. The third kappa shape index (κ3) is 4.98. The molecular formula is C22H24ClN5. The first kappa shape index (κ1) is 18.7. The van der Waals surface area contributed by atoms with E-state index in [0.717, 1.165) is 27.8 Å². The van der Waals surface area contributed by atoms with Gasteiger partial charge in [-0.1, -0.05) is 49.1 Å². The summed E-state index contributed by atoms with van der Waals surface area (Å²) in [6.07, 6.45) is 7.96. The molecular weight excluding hydrogens is 370 g/mol. The van der Waals surface area contributed by atoms with Gasteiger partial charge in [-0.3, -0.25) is 4.98 Å². The Morgan fingerprint density at radius 1 is 0.929 bits per heavy atom. The van der Waals surface area contributed by atoms with Crippen molar-refractivity contribution in [3.05, 3.63) is 65.3 Å². The van der Waals surface area contributed by atoms with Crippen molar-refractivity contribution in [1.29, 1.82) is 0 Å². The van der Waals surface area contributed by atoms with Crippen molar-refractivity contribution in [2.75, 3.05) is 10.6 Å². The van der Waals surface area contributed by atoms with Crippen molar-refractivity contribution in [3.63, 3.8) is 0 Å². The number of nitrogens with one attached hydrogen (secondary N) is 2. The van der Waals surface area contributed by atoms with Crippen LogP contribution < -0.4 is 10.6 Å². The first-order valence-electron chi connectivity index (χ1n) is 9.81. The zero-order chi connectivity index (χ0) is 19.2. The zero-order valence-corrected chi connectivity index (χ0v) is 16.5.